The van der Waals surface area contributed by atoms with Gasteiger partial charge in [-0.1, -0.05) is 12.1 Å². The molecule has 1 saturated heterocycles. The molecule has 1 aromatic carbocycles. The van der Waals surface area contributed by atoms with E-state index in [9.17, 15) is 14.0 Å². The molecule has 1 atom stereocenters. The van der Waals surface area contributed by atoms with E-state index in [1.165, 1.54) is 29.2 Å². The van der Waals surface area contributed by atoms with Crippen molar-refractivity contribution in [1.82, 2.24) is 4.90 Å². The van der Waals surface area contributed by atoms with Crippen molar-refractivity contribution in [3.8, 4) is 0 Å². The zero-order valence-corrected chi connectivity index (χ0v) is 9.10. The Hall–Kier alpha value is -1.91. The summed E-state index contributed by atoms with van der Waals surface area (Å²) < 4.78 is 12.8. The van der Waals surface area contributed by atoms with Crippen molar-refractivity contribution < 1.29 is 19.1 Å². The molecular formula is C12H12FNO3. The molecule has 2 rings (SSSR count). The second kappa shape index (κ2) is 4.53. The third-order valence-corrected chi connectivity index (χ3v) is 2.93. The number of carbonyl (C=O) groups excluding carboxylic acids is 1. The van der Waals surface area contributed by atoms with Crippen LogP contribution in [0.25, 0.3) is 0 Å². The summed E-state index contributed by atoms with van der Waals surface area (Å²) in [5, 5.41) is 9.05. The van der Waals surface area contributed by atoms with Crippen molar-refractivity contribution in [3.05, 3.63) is 35.6 Å². The van der Waals surface area contributed by atoms with Crippen LogP contribution in [0.1, 0.15) is 24.4 Å². The van der Waals surface area contributed by atoms with Gasteiger partial charge in [0.25, 0.3) is 0 Å². The Balaban J connectivity index is 2.28. The first-order valence-electron chi connectivity index (χ1n) is 5.34. The van der Waals surface area contributed by atoms with Crippen LogP contribution in [-0.4, -0.2) is 28.4 Å². The van der Waals surface area contributed by atoms with E-state index in [1.54, 1.807) is 0 Å². The minimum Gasteiger partial charge on any atom is -0.465 e. The summed E-state index contributed by atoms with van der Waals surface area (Å²) in [6.07, 6.45) is -0.631. The molecule has 90 valence electrons. The molecule has 0 unspecified atom stereocenters. The number of hydrogen-bond acceptors (Lipinski definition) is 2. The van der Waals surface area contributed by atoms with Crippen LogP contribution >= 0.6 is 0 Å². The van der Waals surface area contributed by atoms with E-state index in [2.05, 4.69) is 0 Å². The highest BCUT2D eigenvalue weighted by Crippen LogP contribution is 2.29. The van der Waals surface area contributed by atoms with Gasteiger partial charge in [-0.15, -0.1) is 0 Å². The van der Waals surface area contributed by atoms with E-state index >= 15 is 0 Å². The van der Waals surface area contributed by atoms with Crippen LogP contribution in [0, 0.1) is 5.82 Å². The normalized spacial score (nSPS) is 20.4. The van der Waals surface area contributed by atoms with Gasteiger partial charge in [-0.25, -0.2) is 9.18 Å². The molecule has 1 aromatic rings. The zero-order chi connectivity index (χ0) is 12.4. The summed E-state index contributed by atoms with van der Waals surface area (Å²) in [4.78, 5) is 23.7. The van der Waals surface area contributed by atoms with Crippen molar-refractivity contribution in [2.75, 3.05) is 6.54 Å². The molecule has 1 amide bonds. The van der Waals surface area contributed by atoms with Gasteiger partial charge in [0.15, 0.2) is 0 Å². The molecule has 1 heterocycles. The summed E-state index contributed by atoms with van der Waals surface area (Å²) in [6, 6.07) is 5.10. The van der Waals surface area contributed by atoms with Crippen molar-refractivity contribution >= 4 is 11.9 Å². The second-order valence-corrected chi connectivity index (χ2v) is 4.04. The minimum absolute atomic E-state index is 0.0387. The molecule has 0 saturated carbocycles. The Kier molecular flexibility index (Phi) is 3.08. The number of nitrogens with zero attached hydrogens (tertiary/aromatic N) is 1. The monoisotopic (exact) mass is 237 g/mol. The van der Waals surface area contributed by atoms with Gasteiger partial charge in [-0.05, 0) is 17.7 Å². The predicted octanol–water partition coefficient (Wildman–Crippen LogP) is 2.21. The lowest BCUT2D eigenvalue weighted by Gasteiger charge is -2.33. The standard InChI is InChI=1S/C12H12FNO3/c13-9-3-1-8(2-4-9)11-7-10(15)5-6-14(11)12(16)17/h1-4,11H,5-7H2,(H,16,17)/t11-/m0/s1. The minimum atomic E-state index is -1.05. The maximum absolute atomic E-state index is 12.8. The first kappa shape index (κ1) is 11.6. The Labute approximate surface area is 97.7 Å². The number of rotatable bonds is 1. The smallest absolute Gasteiger partial charge is 0.407 e. The predicted molar refractivity (Wildman–Crippen MR) is 58.1 cm³/mol. The number of piperidine rings is 1. The highest BCUT2D eigenvalue weighted by Gasteiger charge is 2.31. The fraction of sp³-hybridized carbons (Fsp3) is 0.333. The Morgan fingerprint density at radius 3 is 2.59 bits per heavy atom. The second-order valence-electron chi connectivity index (χ2n) is 4.04. The molecule has 1 aliphatic rings. The molecular weight excluding hydrogens is 225 g/mol. The van der Waals surface area contributed by atoms with Gasteiger partial charge in [-0.2, -0.15) is 0 Å². The van der Waals surface area contributed by atoms with E-state index in [0.29, 0.717) is 5.56 Å². The van der Waals surface area contributed by atoms with Gasteiger partial charge in [0.2, 0.25) is 0 Å². The Bertz CT molecular complexity index is 444. The first-order valence-corrected chi connectivity index (χ1v) is 5.34. The van der Waals surface area contributed by atoms with Crippen molar-refractivity contribution in [2.24, 2.45) is 0 Å². The van der Waals surface area contributed by atoms with Crippen LogP contribution in [0.5, 0.6) is 0 Å². The molecule has 0 aromatic heterocycles. The summed E-state index contributed by atoms with van der Waals surface area (Å²) >= 11 is 0. The number of benzene rings is 1. The van der Waals surface area contributed by atoms with Gasteiger partial charge < -0.3 is 10.0 Å². The number of Topliss-reactive ketones (excluding diaryl/α,β-unsaturated/α-hetero) is 1. The molecule has 4 nitrogen and oxygen atoms in total. The van der Waals surface area contributed by atoms with Crippen LogP contribution in [-0.2, 0) is 4.79 Å². The average Bonchev–Trinajstić information content (AvgIpc) is 2.29. The van der Waals surface area contributed by atoms with E-state index < -0.39 is 12.1 Å². The van der Waals surface area contributed by atoms with Crippen molar-refractivity contribution in [2.45, 2.75) is 18.9 Å². The lowest BCUT2D eigenvalue weighted by molar-refractivity contribution is -0.122. The van der Waals surface area contributed by atoms with Crippen LogP contribution in [0.2, 0.25) is 0 Å². The molecule has 5 heteroatoms. The number of halogens is 1. The van der Waals surface area contributed by atoms with Crippen molar-refractivity contribution in [1.29, 1.82) is 0 Å². The lowest BCUT2D eigenvalue weighted by Crippen LogP contribution is -2.40. The fourth-order valence-corrected chi connectivity index (χ4v) is 2.04. The maximum atomic E-state index is 12.8. The summed E-state index contributed by atoms with van der Waals surface area (Å²) in [5.41, 5.74) is 0.654. The average molecular weight is 237 g/mol. The number of carboxylic acid groups (broad SMARTS) is 1. The van der Waals surface area contributed by atoms with Crippen molar-refractivity contribution in [3.63, 3.8) is 0 Å². The zero-order valence-electron chi connectivity index (χ0n) is 9.10. The van der Waals surface area contributed by atoms with E-state index in [-0.39, 0.29) is 31.0 Å². The molecule has 17 heavy (non-hydrogen) atoms. The highest BCUT2D eigenvalue weighted by molar-refractivity contribution is 5.82. The van der Waals surface area contributed by atoms with Crippen LogP contribution in [0.15, 0.2) is 24.3 Å². The van der Waals surface area contributed by atoms with Crippen LogP contribution in [0.3, 0.4) is 0 Å². The largest absolute Gasteiger partial charge is 0.465 e. The first-order chi connectivity index (χ1) is 8.08. The van der Waals surface area contributed by atoms with Crippen LogP contribution in [0.4, 0.5) is 9.18 Å². The Morgan fingerprint density at radius 2 is 2.00 bits per heavy atom. The molecule has 0 bridgehead atoms. The number of amides is 1. The Morgan fingerprint density at radius 1 is 1.35 bits per heavy atom. The third-order valence-electron chi connectivity index (χ3n) is 2.93. The maximum Gasteiger partial charge on any atom is 0.407 e. The van der Waals surface area contributed by atoms with Crippen LogP contribution < -0.4 is 0 Å². The van der Waals surface area contributed by atoms with E-state index in [0.717, 1.165) is 0 Å². The number of hydrogen-bond donors (Lipinski definition) is 1. The summed E-state index contributed by atoms with van der Waals surface area (Å²) in [6.45, 7) is 0.205. The fourth-order valence-electron chi connectivity index (χ4n) is 2.04. The topological polar surface area (TPSA) is 57.6 Å². The summed E-state index contributed by atoms with van der Waals surface area (Å²) in [7, 11) is 0. The van der Waals surface area contributed by atoms with E-state index in [1.807, 2.05) is 0 Å². The molecule has 1 fully saturated rings. The number of carbonyl (C=O) groups is 2. The molecule has 0 spiro atoms. The van der Waals surface area contributed by atoms with E-state index in [4.69, 9.17) is 5.11 Å². The molecule has 1 N–H and O–H groups in total. The quantitative estimate of drug-likeness (QED) is 0.814. The molecule has 0 radical (unpaired) electrons. The number of ketones is 1. The summed E-state index contributed by atoms with van der Waals surface area (Å²) in [5.74, 6) is -0.338. The van der Waals surface area contributed by atoms with Gasteiger partial charge in [0.1, 0.15) is 11.6 Å². The van der Waals surface area contributed by atoms with Gasteiger partial charge >= 0.3 is 6.09 Å². The molecule has 1 aliphatic heterocycles. The highest BCUT2D eigenvalue weighted by atomic mass is 19.1. The van der Waals surface area contributed by atoms with Gasteiger partial charge in [0.05, 0.1) is 6.04 Å². The van der Waals surface area contributed by atoms with Gasteiger partial charge in [-0.3, -0.25) is 4.79 Å². The SMILES string of the molecule is O=C1CCN(C(=O)O)[C@H](c2ccc(F)cc2)C1. The number of likely N-dealkylation sites (tertiary alicyclic amines) is 1. The van der Waals surface area contributed by atoms with Gasteiger partial charge in [0, 0.05) is 19.4 Å². The lowest BCUT2D eigenvalue weighted by atomic mass is 9.95. The third kappa shape index (κ3) is 2.43. The molecule has 0 aliphatic carbocycles.